The van der Waals surface area contributed by atoms with Gasteiger partial charge in [0, 0.05) is 12.8 Å². The summed E-state index contributed by atoms with van der Waals surface area (Å²) in [7, 11) is 0. The Balaban J connectivity index is 3.20. The number of carbonyl (C=O) groups is 2. The Bertz CT molecular complexity index is 179. The number of carbonyl (C=O) groups excluding carboxylic acids is 2. The van der Waals surface area contributed by atoms with Gasteiger partial charge in [-0.15, -0.1) is 6.42 Å². The van der Waals surface area contributed by atoms with Crippen molar-refractivity contribution in [3.63, 3.8) is 0 Å². The van der Waals surface area contributed by atoms with Crippen LogP contribution in [0.25, 0.3) is 0 Å². The van der Waals surface area contributed by atoms with Gasteiger partial charge >= 0.3 is 5.97 Å². The van der Waals surface area contributed by atoms with Gasteiger partial charge in [0.05, 0.1) is 0 Å². The third kappa shape index (κ3) is 6.81. The summed E-state index contributed by atoms with van der Waals surface area (Å²) in [5.41, 5.74) is 0. The zero-order valence-corrected chi connectivity index (χ0v) is 6.91. The van der Waals surface area contributed by atoms with E-state index in [1.165, 1.54) is 0 Å². The monoisotopic (exact) mass is 168 g/mol. The minimum absolute atomic E-state index is 0.0342. The summed E-state index contributed by atoms with van der Waals surface area (Å²) in [4.78, 5) is 20.6. The van der Waals surface area contributed by atoms with E-state index < -0.39 is 0 Å². The van der Waals surface area contributed by atoms with E-state index in [2.05, 4.69) is 10.7 Å². The van der Waals surface area contributed by atoms with Crippen molar-refractivity contribution in [1.82, 2.24) is 0 Å². The lowest BCUT2D eigenvalue weighted by Crippen LogP contribution is -2.03. The summed E-state index contributed by atoms with van der Waals surface area (Å²) < 4.78 is 4.61. The molecule has 0 aliphatic carbocycles. The van der Waals surface area contributed by atoms with E-state index in [1.807, 2.05) is 0 Å². The van der Waals surface area contributed by atoms with Gasteiger partial charge in [0.25, 0.3) is 0 Å². The highest BCUT2D eigenvalue weighted by atomic mass is 16.5. The SMILES string of the molecule is C#CCOC(=O)CCCCC=O. The number of aldehydes is 1. The average Bonchev–Trinajstić information content (AvgIpc) is 2.09. The molecule has 0 aliphatic heterocycles. The van der Waals surface area contributed by atoms with Crippen LogP contribution in [0.15, 0.2) is 0 Å². The molecule has 0 N–H and O–H groups in total. The molecular formula is C9H12O3. The molecule has 0 spiro atoms. The van der Waals surface area contributed by atoms with Gasteiger partial charge in [-0.1, -0.05) is 5.92 Å². The predicted octanol–water partition coefficient (Wildman–Crippen LogP) is 0.922. The molecule has 3 nitrogen and oxygen atoms in total. The third-order valence-electron chi connectivity index (χ3n) is 1.27. The Morgan fingerprint density at radius 1 is 1.50 bits per heavy atom. The van der Waals surface area contributed by atoms with Crippen molar-refractivity contribution in [2.45, 2.75) is 25.7 Å². The van der Waals surface area contributed by atoms with Crippen LogP contribution in [-0.2, 0) is 14.3 Å². The van der Waals surface area contributed by atoms with Gasteiger partial charge in [0.1, 0.15) is 6.29 Å². The summed E-state index contributed by atoms with van der Waals surface area (Å²) >= 11 is 0. The number of terminal acetylenes is 1. The molecule has 0 heterocycles. The van der Waals surface area contributed by atoms with Crippen molar-refractivity contribution in [3.05, 3.63) is 0 Å². The second-order valence-electron chi connectivity index (χ2n) is 2.28. The molecule has 0 aromatic carbocycles. The normalized spacial score (nSPS) is 8.58. The minimum atomic E-state index is -0.293. The quantitative estimate of drug-likeness (QED) is 0.256. The third-order valence-corrected chi connectivity index (χ3v) is 1.27. The molecule has 12 heavy (non-hydrogen) atoms. The van der Waals surface area contributed by atoms with Crippen molar-refractivity contribution in [1.29, 1.82) is 0 Å². The van der Waals surface area contributed by atoms with Crippen LogP contribution in [-0.4, -0.2) is 18.9 Å². The molecule has 0 aromatic heterocycles. The van der Waals surface area contributed by atoms with Crippen LogP contribution in [0.5, 0.6) is 0 Å². The molecule has 3 heteroatoms. The highest BCUT2D eigenvalue weighted by molar-refractivity contribution is 5.69. The van der Waals surface area contributed by atoms with Crippen LogP contribution >= 0.6 is 0 Å². The second kappa shape index (κ2) is 7.80. The van der Waals surface area contributed by atoms with E-state index >= 15 is 0 Å². The molecule has 0 rings (SSSR count). The van der Waals surface area contributed by atoms with Crippen molar-refractivity contribution < 1.29 is 14.3 Å². The molecule has 0 radical (unpaired) electrons. The second-order valence-corrected chi connectivity index (χ2v) is 2.28. The molecule has 0 amide bonds. The molecule has 0 aliphatic rings. The molecule has 0 saturated carbocycles. The van der Waals surface area contributed by atoms with Gasteiger partial charge in [0.2, 0.25) is 0 Å². The number of unbranched alkanes of at least 4 members (excludes halogenated alkanes) is 2. The Hall–Kier alpha value is -1.30. The van der Waals surface area contributed by atoms with Crippen molar-refractivity contribution in [2.24, 2.45) is 0 Å². The first-order valence-corrected chi connectivity index (χ1v) is 3.84. The number of hydrogen-bond donors (Lipinski definition) is 0. The Morgan fingerprint density at radius 2 is 2.25 bits per heavy atom. The fourth-order valence-corrected chi connectivity index (χ4v) is 0.691. The lowest BCUT2D eigenvalue weighted by molar-refractivity contribution is -0.142. The first-order valence-electron chi connectivity index (χ1n) is 3.84. The minimum Gasteiger partial charge on any atom is -0.452 e. The number of esters is 1. The first-order chi connectivity index (χ1) is 5.81. The molecule has 0 saturated heterocycles. The number of hydrogen-bond acceptors (Lipinski definition) is 3. The van der Waals surface area contributed by atoms with E-state index in [9.17, 15) is 9.59 Å². The van der Waals surface area contributed by atoms with E-state index in [0.717, 1.165) is 12.7 Å². The zero-order valence-electron chi connectivity index (χ0n) is 6.91. The van der Waals surface area contributed by atoms with Crippen LogP contribution in [0, 0.1) is 12.3 Å². The Labute approximate surface area is 72.1 Å². The van der Waals surface area contributed by atoms with Crippen molar-refractivity contribution in [3.8, 4) is 12.3 Å². The maximum absolute atomic E-state index is 10.8. The smallest absolute Gasteiger partial charge is 0.306 e. The fraction of sp³-hybridized carbons (Fsp3) is 0.556. The van der Waals surface area contributed by atoms with Gasteiger partial charge < -0.3 is 9.53 Å². The van der Waals surface area contributed by atoms with Gasteiger partial charge in [-0.2, -0.15) is 0 Å². The molecule has 0 fully saturated rings. The van der Waals surface area contributed by atoms with Crippen LogP contribution in [0.2, 0.25) is 0 Å². The van der Waals surface area contributed by atoms with Gasteiger partial charge in [0.15, 0.2) is 6.61 Å². The van der Waals surface area contributed by atoms with E-state index in [1.54, 1.807) is 0 Å². The van der Waals surface area contributed by atoms with Crippen LogP contribution in [0.3, 0.4) is 0 Å². The lowest BCUT2D eigenvalue weighted by atomic mass is 10.2. The summed E-state index contributed by atoms with van der Waals surface area (Å²) in [6, 6.07) is 0. The maximum atomic E-state index is 10.8. The fourth-order valence-electron chi connectivity index (χ4n) is 0.691. The number of ether oxygens (including phenoxy) is 1. The molecule has 0 atom stereocenters. The van der Waals surface area contributed by atoms with E-state index in [0.29, 0.717) is 19.3 Å². The summed E-state index contributed by atoms with van der Waals surface area (Å²) in [5.74, 6) is 1.91. The molecule has 0 bridgehead atoms. The molecule has 66 valence electrons. The highest BCUT2D eigenvalue weighted by Gasteiger charge is 2.00. The first kappa shape index (κ1) is 10.7. The highest BCUT2D eigenvalue weighted by Crippen LogP contribution is 1.99. The van der Waals surface area contributed by atoms with Crippen LogP contribution in [0.1, 0.15) is 25.7 Å². The van der Waals surface area contributed by atoms with Crippen molar-refractivity contribution in [2.75, 3.05) is 6.61 Å². The Morgan fingerprint density at radius 3 is 2.83 bits per heavy atom. The maximum Gasteiger partial charge on any atom is 0.306 e. The molecular weight excluding hydrogens is 156 g/mol. The van der Waals surface area contributed by atoms with E-state index in [-0.39, 0.29) is 12.6 Å². The van der Waals surface area contributed by atoms with Crippen LogP contribution < -0.4 is 0 Å². The van der Waals surface area contributed by atoms with Crippen LogP contribution in [0.4, 0.5) is 0 Å². The molecule has 0 aromatic rings. The van der Waals surface area contributed by atoms with E-state index in [4.69, 9.17) is 6.42 Å². The number of rotatable bonds is 6. The Kier molecular flexibility index (Phi) is 6.96. The zero-order chi connectivity index (χ0) is 9.23. The summed E-state index contributed by atoms with van der Waals surface area (Å²) in [6.07, 6.45) is 7.98. The van der Waals surface area contributed by atoms with Gasteiger partial charge in [-0.05, 0) is 12.8 Å². The standard InChI is InChI=1S/C9H12O3/c1-2-8-12-9(11)6-4-3-5-7-10/h1,7H,3-6,8H2. The predicted molar refractivity (Wildman–Crippen MR) is 44.3 cm³/mol. The average molecular weight is 168 g/mol. The summed E-state index contributed by atoms with van der Waals surface area (Å²) in [6.45, 7) is 0.0342. The van der Waals surface area contributed by atoms with Gasteiger partial charge in [-0.3, -0.25) is 4.79 Å². The topological polar surface area (TPSA) is 43.4 Å². The van der Waals surface area contributed by atoms with Crippen molar-refractivity contribution >= 4 is 12.3 Å². The summed E-state index contributed by atoms with van der Waals surface area (Å²) in [5, 5.41) is 0. The van der Waals surface area contributed by atoms with Gasteiger partial charge in [-0.25, -0.2) is 0 Å². The largest absolute Gasteiger partial charge is 0.452 e. The molecule has 0 unspecified atom stereocenters. The lowest BCUT2D eigenvalue weighted by Gasteiger charge is -1.98.